The smallest absolute Gasteiger partial charge is 0.126 e. The Morgan fingerprint density at radius 1 is 1.21 bits per heavy atom. The molecule has 0 aromatic heterocycles. The summed E-state index contributed by atoms with van der Waals surface area (Å²) in [5.74, 6) is -0.350. The van der Waals surface area contributed by atoms with Crippen LogP contribution in [0.3, 0.4) is 0 Å². The van der Waals surface area contributed by atoms with E-state index < -0.39 is 5.60 Å². The molecule has 2 aromatic carbocycles. The number of halogens is 2. The summed E-state index contributed by atoms with van der Waals surface area (Å²) in [6.07, 6.45) is 0.183. The van der Waals surface area contributed by atoms with E-state index in [-0.39, 0.29) is 12.2 Å². The van der Waals surface area contributed by atoms with E-state index in [0.717, 1.165) is 11.1 Å². The molecule has 1 N–H and O–H groups in total. The van der Waals surface area contributed by atoms with Gasteiger partial charge in [0, 0.05) is 11.4 Å². The summed E-state index contributed by atoms with van der Waals surface area (Å²) in [6, 6.07) is 12.0. The topological polar surface area (TPSA) is 20.2 Å². The second-order valence-electron chi connectivity index (χ2n) is 5.06. The Balaban J connectivity index is 2.33. The molecule has 0 saturated heterocycles. The summed E-state index contributed by atoms with van der Waals surface area (Å²) in [6.45, 7) is 3.64. The largest absolute Gasteiger partial charge is 0.385 e. The Bertz CT molecular complexity index is 593. The molecule has 0 bridgehead atoms. The van der Waals surface area contributed by atoms with Crippen LogP contribution in [0.4, 0.5) is 4.39 Å². The van der Waals surface area contributed by atoms with Gasteiger partial charge in [-0.2, -0.15) is 0 Å². The third-order valence-electron chi connectivity index (χ3n) is 3.18. The summed E-state index contributed by atoms with van der Waals surface area (Å²) in [4.78, 5) is 0. The molecule has 0 spiro atoms. The van der Waals surface area contributed by atoms with Gasteiger partial charge >= 0.3 is 0 Å². The second kappa shape index (κ2) is 5.32. The normalized spacial score (nSPS) is 14.2. The molecule has 0 radical (unpaired) electrons. The van der Waals surface area contributed by atoms with Gasteiger partial charge < -0.3 is 5.11 Å². The maximum absolute atomic E-state index is 13.7. The van der Waals surface area contributed by atoms with E-state index in [4.69, 9.17) is 11.6 Å². The average Bonchev–Trinajstić information content (AvgIpc) is 2.33. The average molecular weight is 279 g/mol. The molecule has 0 aliphatic rings. The van der Waals surface area contributed by atoms with Gasteiger partial charge in [-0.15, -0.1) is 0 Å². The number of aliphatic hydroxyl groups is 1. The number of hydrogen-bond donors (Lipinski definition) is 1. The molecule has 0 heterocycles. The van der Waals surface area contributed by atoms with E-state index in [2.05, 4.69) is 0 Å². The molecule has 0 fully saturated rings. The zero-order chi connectivity index (χ0) is 14.0. The molecule has 1 atom stereocenters. The molecule has 1 nitrogen and oxygen atoms in total. The zero-order valence-electron chi connectivity index (χ0n) is 11.0. The van der Waals surface area contributed by atoms with Crippen molar-refractivity contribution in [1.82, 2.24) is 0 Å². The standard InChI is InChI=1S/C16H16ClFO/c1-11-4-3-5-13(8-11)16(2,19)10-12-9-14(17)6-7-15(12)18/h3-9,19H,10H2,1-2H3. The molecule has 100 valence electrons. The molecule has 2 rings (SSSR count). The summed E-state index contributed by atoms with van der Waals surface area (Å²) in [5.41, 5.74) is 1.12. The fourth-order valence-electron chi connectivity index (χ4n) is 2.13. The van der Waals surface area contributed by atoms with Gasteiger partial charge in [0.15, 0.2) is 0 Å². The lowest BCUT2D eigenvalue weighted by molar-refractivity contribution is 0.0566. The first-order valence-corrected chi connectivity index (χ1v) is 6.50. The number of hydrogen-bond acceptors (Lipinski definition) is 1. The predicted octanol–water partition coefficient (Wildman–Crippen LogP) is 4.24. The fourth-order valence-corrected chi connectivity index (χ4v) is 2.33. The Morgan fingerprint density at radius 3 is 2.63 bits per heavy atom. The van der Waals surface area contributed by atoms with E-state index in [1.54, 1.807) is 13.0 Å². The van der Waals surface area contributed by atoms with Crippen LogP contribution in [-0.4, -0.2) is 5.11 Å². The van der Waals surface area contributed by atoms with E-state index in [0.29, 0.717) is 10.6 Å². The third-order valence-corrected chi connectivity index (χ3v) is 3.42. The van der Waals surface area contributed by atoms with Crippen LogP contribution >= 0.6 is 11.6 Å². The van der Waals surface area contributed by atoms with Gasteiger partial charge in [-0.3, -0.25) is 0 Å². The lowest BCUT2D eigenvalue weighted by atomic mass is 9.88. The molecule has 3 heteroatoms. The highest BCUT2D eigenvalue weighted by Crippen LogP contribution is 2.28. The second-order valence-corrected chi connectivity index (χ2v) is 5.49. The number of aryl methyl sites for hydroxylation is 1. The Hall–Kier alpha value is -1.38. The molecule has 1 unspecified atom stereocenters. The van der Waals surface area contributed by atoms with E-state index in [1.165, 1.54) is 12.1 Å². The SMILES string of the molecule is Cc1cccc(C(C)(O)Cc2cc(Cl)ccc2F)c1. The van der Waals surface area contributed by atoms with Crippen molar-refractivity contribution in [3.05, 3.63) is 70.0 Å². The maximum Gasteiger partial charge on any atom is 0.126 e. The van der Waals surface area contributed by atoms with Gasteiger partial charge in [0.05, 0.1) is 5.60 Å². The van der Waals surface area contributed by atoms with Crippen molar-refractivity contribution in [2.75, 3.05) is 0 Å². The Morgan fingerprint density at radius 2 is 1.95 bits per heavy atom. The quantitative estimate of drug-likeness (QED) is 0.890. The van der Waals surface area contributed by atoms with Crippen LogP contribution in [0.5, 0.6) is 0 Å². The molecular weight excluding hydrogens is 263 g/mol. The highest BCUT2D eigenvalue weighted by Gasteiger charge is 2.25. The first-order valence-electron chi connectivity index (χ1n) is 6.12. The van der Waals surface area contributed by atoms with Gasteiger partial charge in [0.25, 0.3) is 0 Å². The van der Waals surface area contributed by atoms with E-state index in [9.17, 15) is 9.50 Å². The monoisotopic (exact) mass is 278 g/mol. The van der Waals surface area contributed by atoms with Crippen molar-refractivity contribution >= 4 is 11.6 Å². The Kier molecular flexibility index (Phi) is 3.93. The number of rotatable bonds is 3. The summed E-state index contributed by atoms with van der Waals surface area (Å²) in [5, 5.41) is 11.0. The molecule has 0 aliphatic heterocycles. The summed E-state index contributed by atoms with van der Waals surface area (Å²) >= 11 is 5.87. The van der Waals surface area contributed by atoms with Gasteiger partial charge in [0.1, 0.15) is 5.82 Å². The molecular formula is C16H16ClFO. The zero-order valence-corrected chi connectivity index (χ0v) is 11.7. The van der Waals surface area contributed by atoms with Crippen LogP contribution in [0.25, 0.3) is 0 Å². The highest BCUT2D eigenvalue weighted by molar-refractivity contribution is 6.30. The van der Waals surface area contributed by atoms with Crippen LogP contribution in [0.1, 0.15) is 23.6 Å². The van der Waals surface area contributed by atoms with Gasteiger partial charge in [-0.1, -0.05) is 41.4 Å². The number of benzene rings is 2. The van der Waals surface area contributed by atoms with Crippen molar-refractivity contribution in [2.45, 2.75) is 25.9 Å². The lowest BCUT2D eigenvalue weighted by Crippen LogP contribution is -2.24. The predicted molar refractivity (Wildman–Crippen MR) is 75.9 cm³/mol. The van der Waals surface area contributed by atoms with Crippen molar-refractivity contribution in [3.63, 3.8) is 0 Å². The van der Waals surface area contributed by atoms with Gasteiger partial charge in [-0.25, -0.2) is 4.39 Å². The van der Waals surface area contributed by atoms with Crippen molar-refractivity contribution in [3.8, 4) is 0 Å². The maximum atomic E-state index is 13.7. The van der Waals surface area contributed by atoms with Crippen LogP contribution in [0, 0.1) is 12.7 Å². The minimum atomic E-state index is -1.13. The van der Waals surface area contributed by atoms with Gasteiger partial charge in [0.2, 0.25) is 0 Å². The molecule has 19 heavy (non-hydrogen) atoms. The fraction of sp³-hybridized carbons (Fsp3) is 0.250. The molecule has 0 aliphatic carbocycles. The summed E-state index contributed by atoms with van der Waals surface area (Å²) < 4.78 is 13.7. The minimum Gasteiger partial charge on any atom is -0.385 e. The van der Waals surface area contributed by atoms with Crippen LogP contribution in [0.2, 0.25) is 5.02 Å². The van der Waals surface area contributed by atoms with Crippen LogP contribution in [-0.2, 0) is 12.0 Å². The van der Waals surface area contributed by atoms with E-state index >= 15 is 0 Å². The van der Waals surface area contributed by atoms with Crippen LogP contribution < -0.4 is 0 Å². The van der Waals surface area contributed by atoms with Crippen molar-refractivity contribution in [2.24, 2.45) is 0 Å². The van der Waals surface area contributed by atoms with Crippen molar-refractivity contribution < 1.29 is 9.50 Å². The first kappa shape index (κ1) is 14.0. The molecule has 0 amide bonds. The minimum absolute atomic E-state index is 0.183. The Labute approximate surface area is 117 Å². The highest BCUT2D eigenvalue weighted by atomic mass is 35.5. The van der Waals surface area contributed by atoms with Gasteiger partial charge in [-0.05, 0) is 43.2 Å². The molecule has 0 saturated carbocycles. The molecule has 2 aromatic rings. The lowest BCUT2D eigenvalue weighted by Gasteiger charge is -2.24. The summed E-state index contributed by atoms with van der Waals surface area (Å²) in [7, 11) is 0. The van der Waals surface area contributed by atoms with E-state index in [1.807, 2.05) is 31.2 Å². The van der Waals surface area contributed by atoms with Crippen LogP contribution in [0.15, 0.2) is 42.5 Å². The van der Waals surface area contributed by atoms with Crippen molar-refractivity contribution in [1.29, 1.82) is 0 Å². The first-order chi connectivity index (χ1) is 8.88. The third kappa shape index (κ3) is 3.34.